The van der Waals surface area contributed by atoms with Gasteiger partial charge in [0.2, 0.25) is 5.91 Å². The molecule has 5 heteroatoms. The molecule has 1 aromatic heterocycles. The summed E-state index contributed by atoms with van der Waals surface area (Å²) in [6, 6.07) is 1.88. The van der Waals surface area contributed by atoms with Crippen molar-refractivity contribution in [3.8, 4) is 0 Å². The molecule has 0 saturated carbocycles. The molecule has 1 fully saturated rings. The molecular formula is C12H16N4O. The van der Waals surface area contributed by atoms with Crippen molar-refractivity contribution in [2.75, 3.05) is 36.9 Å². The summed E-state index contributed by atoms with van der Waals surface area (Å²) < 4.78 is 0. The molecule has 0 radical (unpaired) electrons. The Morgan fingerprint density at radius 3 is 3.12 bits per heavy atom. The first-order valence-electron chi connectivity index (χ1n) is 5.88. The fraction of sp³-hybridized carbons (Fsp3) is 0.500. The number of carbonyl (C=O) groups is 1. The first-order chi connectivity index (χ1) is 8.15. The summed E-state index contributed by atoms with van der Waals surface area (Å²) in [6.45, 7) is 4.58. The van der Waals surface area contributed by atoms with Crippen molar-refractivity contribution >= 4 is 17.4 Å². The number of likely N-dealkylation sites (N-methyl/N-ethyl adjacent to an activating group) is 1. The first kappa shape index (κ1) is 10.5. The number of carbonyl (C=O) groups excluding carboxylic acids is 1. The SMILES string of the molecule is Cc1cnc2c(c1)NC(=O)[C@@H]1CN(C)CCN21. The van der Waals surface area contributed by atoms with Crippen molar-refractivity contribution in [3.63, 3.8) is 0 Å². The Morgan fingerprint density at radius 2 is 2.29 bits per heavy atom. The van der Waals surface area contributed by atoms with Gasteiger partial charge in [-0.1, -0.05) is 0 Å². The summed E-state index contributed by atoms with van der Waals surface area (Å²) in [5, 5.41) is 2.95. The second kappa shape index (κ2) is 3.70. The van der Waals surface area contributed by atoms with Gasteiger partial charge < -0.3 is 15.1 Å². The van der Waals surface area contributed by atoms with E-state index in [4.69, 9.17) is 0 Å². The van der Waals surface area contributed by atoms with Gasteiger partial charge in [0.05, 0.1) is 5.69 Å². The highest BCUT2D eigenvalue weighted by atomic mass is 16.2. The highest BCUT2D eigenvalue weighted by molar-refractivity contribution is 6.03. The van der Waals surface area contributed by atoms with Crippen molar-refractivity contribution in [1.29, 1.82) is 0 Å². The van der Waals surface area contributed by atoms with E-state index < -0.39 is 0 Å². The van der Waals surface area contributed by atoms with Crippen LogP contribution in [0.2, 0.25) is 0 Å². The lowest BCUT2D eigenvalue weighted by atomic mass is 10.1. The topological polar surface area (TPSA) is 48.5 Å². The van der Waals surface area contributed by atoms with Crippen LogP contribution in [0, 0.1) is 6.92 Å². The zero-order chi connectivity index (χ0) is 12.0. The molecule has 90 valence electrons. The van der Waals surface area contributed by atoms with Crippen LogP contribution in [-0.4, -0.2) is 48.5 Å². The van der Waals surface area contributed by atoms with Gasteiger partial charge in [-0.05, 0) is 25.6 Å². The molecule has 0 bridgehead atoms. The Hall–Kier alpha value is -1.62. The Balaban J connectivity index is 2.02. The largest absolute Gasteiger partial charge is 0.340 e. The standard InChI is InChI=1S/C12H16N4O/c1-8-5-9-11(13-6-8)16-4-3-15(2)7-10(16)12(17)14-9/h5-6,10H,3-4,7H2,1-2H3,(H,14,17)/t10-/m0/s1. The van der Waals surface area contributed by atoms with Gasteiger partial charge >= 0.3 is 0 Å². The van der Waals surface area contributed by atoms with Gasteiger partial charge in [0.15, 0.2) is 5.82 Å². The molecule has 5 nitrogen and oxygen atoms in total. The van der Waals surface area contributed by atoms with Crippen molar-refractivity contribution < 1.29 is 4.79 Å². The van der Waals surface area contributed by atoms with Gasteiger partial charge in [0.1, 0.15) is 6.04 Å². The Labute approximate surface area is 100 Å². The van der Waals surface area contributed by atoms with E-state index >= 15 is 0 Å². The summed E-state index contributed by atoms with van der Waals surface area (Å²) in [5.74, 6) is 0.991. The Morgan fingerprint density at radius 1 is 1.47 bits per heavy atom. The van der Waals surface area contributed by atoms with Crippen LogP contribution in [-0.2, 0) is 4.79 Å². The van der Waals surface area contributed by atoms with Crippen molar-refractivity contribution in [2.24, 2.45) is 0 Å². The number of hydrogen-bond acceptors (Lipinski definition) is 4. The summed E-state index contributed by atoms with van der Waals surface area (Å²) in [6.07, 6.45) is 1.85. The Kier molecular flexibility index (Phi) is 2.29. The second-order valence-corrected chi connectivity index (χ2v) is 4.84. The van der Waals surface area contributed by atoms with Crippen LogP contribution >= 0.6 is 0 Å². The number of nitrogens with zero attached hydrogens (tertiary/aromatic N) is 3. The molecule has 17 heavy (non-hydrogen) atoms. The number of fused-ring (bicyclic) bond motifs is 3. The number of pyridine rings is 1. The van der Waals surface area contributed by atoms with E-state index in [2.05, 4.69) is 20.1 Å². The van der Waals surface area contributed by atoms with Crippen LogP contribution in [0.1, 0.15) is 5.56 Å². The third kappa shape index (κ3) is 1.67. The number of hydrogen-bond donors (Lipinski definition) is 1. The summed E-state index contributed by atoms with van der Waals surface area (Å²) in [4.78, 5) is 20.8. The zero-order valence-corrected chi connectivity index (χ0v) is 10.1. The number of anilines is 2. The predicted molar refractivity (Wildman–Crippen MR) is 66.2 cm³/mol. The molecule has 3 heterocycles. The number of rotatable bonds is 0. The molecule has 1 aromatic rings. The van der Waals surface area contributed by atoms with Crippen molar-refractivity contribution in [2.45, 2.75) is 13.0 Å². The Bertz CT molecular complexity index is 474. The van der Waals surface area contributed by atoms with Gasteiger partial charge in [0, 0.05) is 25.8 Å². The lowest BCUT2D eigenvalue weighted by Crippen LogP contribution is -2.59. The molecule has 1 N–H and O–H groups in total. The maximum Gasteiger partial charge on any atom is 0.248 e. The maximum atomic E-state index is 12.0. The van der Waals surface area contributed by atoms with E-state index in [9.17, 15) is 4.79 Å². The van der Waals surface area contributed by atoms with Crippen LogP contribution in [0.5, 0.6) is 0 Å². The van der Waals surface area contributed by atoms with E-state index in [-0.39, 0.29) is 11.9 Å². The highest BCUT2D eigenvalue weighted by Crippen LogP contribution is 2.31. The molecule has 2 aliphatic rings. The normalized spacial score (nSPS) is 24.0. The van der Waals surface area contributed by atoms with Crippen LogP contribution in [0.25, 0.3) is 0 Å². The number of aryl methyl sites for hydroxylation is 1. The van der Waals surface area contributed by atoms with Crippen molar-refractivity contribution in [1.82, 2.24) is 9.88 Å². The van der Waals surface area contributed by atoms with Crippen molar-refractivity contribution in [3.05, 3.63) is 17.8 Å². The van der Waals surface area contributed by atoms with E-state index in [1.165, 1.54) is 0 Å². The predicted octanol–water partition coefficient (Wildman–Crippen LogP) is 0.463. The van der Waals surface area contributed by atoms with Gasteiger partial charge in [-0.3, -0.25) is 4.79 Å². The van der Waals surface area contributed by atoms with Crippen LogP contribution < -0.4 is 10.2 Å². The van der Waals surface area contributed by atoms with Gasteiger partial charge in [-0.2, -0.15) is 0 Å². The van der Waals surface area contributed by atoms with Gasteiger partial charge in [0.25, 0.3) is 0 Å². The molecule has 2 aliphatic heterocycles. The maximum absolute atomic E-state index is 12.0. The molecule has 1 amide bonds. The number of nitrogens with one attached hydrogen (secondary N) is 1. The summed E-state index contributed by atoms with van der Waals surface area (Å²) in [5.41, 5.74) is 1.91. The third-order valence-electron chi connectivity index (χ3n) is 3.42. The minimum atomic E-state index is -0.101. The van der Waals surface area contributed by atoms with E-state index in [1.807, 2.05) is 26.2 Å². The van der Waals surface area contributed by atoms with Crippen LogP contribution in [0.15, 0.2) is 12.3 Å². The summed E-state index contributed by atoms with van der Waals surface area (Å²) >= 11 is 0. The molecule has 0 spiro atoms. The monoisotopic (exact) mass is 232 g/mol. The molecule has 0 aliphatic carbocycles. The first-order valence-corrected chi connectivity index (χ1v) is 5.88. The lowest BCUT2D eigenvalue weighted by Gasteiger charge is -2.43. The fourth-order valence-corrected chi connectivity index (χ4v) is 2.50. The third-order valence-corrected chi connectivity index (χ3v) is 3.42. The lowest BCUT2D eigenvalue weighted by molar-refractivity contribution is -0.118. The smallest absolute Gasteiger partial charge is 0.248 e. The van der Waals surface area contributed by atoms with E-state index in [0.29, 0.717) is 0 Å². The molecule has 0 unspecified atom stereocenters. The van der Waals surface area contributed by atoms with E-state index in [1.54, 1.807) is 0 Å². The number of amides is 1. The van der Waals surface area contributed by atoms with Gasteiger partial charge in [-0.15, -0.1) is 0 Å². The minimum Gasteiger partial charge on any atom is -0.340 e. The zero-order valence-electron chi connectivity index (χ0n) is 10.1. The highest BCUT2D eigenvalue weighted by Gasteiger charge is 2.37. The average molecular weight is 232 g/mol. The van der Waals surface area contributed by atoms with Crippen LogP contribution in [0.4, 0.5) is 11.5 Å². The summed E-state index contributed by atoms with van der Waals surface area (Å²) in [7, 11) is 2.04. The quantitative estimate of drug-likeness (QED) is 0.706. The average Bonchev–Trinajstić information content (AvgIpc) is 2.29. The fourth-order valence-electron chi connectivity index (χ4n) is 2.50. The number of piperazine rings is 1. The second-order valence-electron chi connectivity index (χ2n) is 4.84. The molecule has 1 saturated heterocycles. The molecular weight excluding hydrogens is 216 g/mol. The molecule has 0 aromatic carbocycles. The van der Waals surface area contributed by atoms with E-state index in [0.717, 1.165) is 36.7 Å². The number of aromatic nitrogens is 1. The molecule has 1 atom stereocenters. The van der Waals surface area contributed by atoms with Gasteiger partial charge in [-0.25, -0.2) is 4.98 Å². The van der Waals surface area contributed by atoms with Crippen LogP contribution in [0.3, 0.4) is 0 Å². The minimum absolute atomic E-state index is 0.0800. The molecule has 3 rings (SSSR count).